The molecule has 0 N–H and O–H groups in total. The van der Waals surface area contributed by atoms with Crippen LogP contribution in [0.25, 0.3) is 22.3 Å². The highest BCUT2D eigenvalue weighted by molar-refractivity contribution is 6.07. The molecule has 114 valence electrons. The third-order valence-electron chi connectivity index (χ3n) is 4.27. The van der Waals surface area contributed by atoms with E-state index in [1.165, 1.54) is 0 Å². The summed E-state index contributed by atoms with van der Waals surface area (Å²) in [5.41, 5.74) is 3.08. The molecular formula is C19H17N3O. The van der Waals surface area contributed by atoms with Crippen LogP contribution in [0.5, 0.6) is 0 Å². The number of likely N-dealkylation sites (tertiary alicyclic amines) is 1. The van der Waals surface area contributed by atoms with Gasteiger partial charge in [0.05, 0.1) is 22.5 Å². The van der Waals surface area contributed by atoms with E-state index in [1.807, 2.05) is 53.4 Å². The van der Waals surface area contributed by atoms with Crippen LogP contribution in [0.2, 0.25) is 0 Å². The Hall–Kier alpha value is -2.75. The van der Waals surface area contributed by atoms with E-state index in [0.717, 1.165) is 53.8 Å². The van der Waals surface area contributed by atoms with Crippen molar-refractivity contribution in [3.05, 3.63) is 60.3 Å². The van der Waals surface area contributed by atoms with Crippen molar-refractivity contribution >= 4 is 16.8 Å². The van der Waals surface area contributed by atoms with E-state index in [2.05, 4.69) is 9.97 Å². The summed E-state index contributed by atoms with van der Waals surface area (Å²) in [5.74, 6) is 0.0956. The largest absolute Gasteiger partial charge is 0.339 e. The van der Waals surface area contributed by atoms with Gasteiger partial charge in [-0.25, -0.2) is 4.98 Å². The standard InChI is InChI=1S/C19H17N3O/c23-19(22-11-5-6-12-22)15-13-18(17-9-3-4-10-20-17)21-16-8-2-1-7-14(15)16/h1-4,7-10,13H,5-6,11-12H2. The van der Waals surface area contributed by atoms with E-state index >= 15 is 0 Å². The molecule has 1 aliphatic rings. The Bertz CT molecular complexity index is 855. The smallest absolute Gasteiger partial charge is 0.254 e. The van der Waals surface area contributed by atoms with E-state index in [4.69, 9.17) is 0 Å². The molecule has 4 rings (SSSR count). The number of hydrogen-bond donors (Lipinski definition) is 0. The molecule has 1 saturated heterocycles. The molecule has 23 heavy (non-hydrogen) atoms. The Balaban J connectivity index is 1.89. The molecule has 1 aliphatic heterocycles. The first-order valence-electron chi connectivity index (χ1n) is 7.93. The third kappa shape index (κ3) is 2.57. The predicted molar refractivity (Wildman–Crippen MR) is 90.1 cm³/mol. The van der Waals surface area contributed by atoms with Crippen molar-refractivity contribution in [3.8, 4) is 11.4 Å². The zero-order valence-electron chi connectivity index (χ0n) is 12.8. The second kappa shape index (κ2) is 5.80. The van der Waals surface area contributed by atoms with Crippen LogP contribution in [0.1, 0.15) is 23.2 Å². The number of amides is 1. The summed E-state index contributed by atoms with van der Waals surface area (Å²) in [6.07, 6.45) is 3.91. The van der Waals surface area contributed by atoms with Crippen LogP contribution in [0.3, 0.4) is 0 Å². The van der Waals surface area contributed by atoms with Gasteiger partial charge >= 0.3 is 0 Å². The van der Waals surface area contributed by atoms with E-state index in [1.54, 1.807) is 6.20 Å². The zero-order valence-corrected chi connectivity index (χ0v) is 12.8. The number of pyridine rings is 2. The van der Waals surface area contributed by atoms with Gasteiger partial charge in [-0.15, -0.1) is 0 Å². The van der Waals surface area contributed by atoms with Crippen molar-refractivity contribution < 1.29 is 4.79 Å². The average molecular weight is 303 g/mol. The summed E-state index contributed by atoms with van der Waals surface area (Å²) >= 11 is 0. The van der Waals surface area contributed by atoms with Gasteiger partial charge in [0.1, 0.15) is 0 Å². The maximum absolute atomic E-state index is 12.9. The molecule has 0 saturated carbocycles. The van der Waals surface area contributed by atoms with E-state index in [0.29, 0.717) is 0 Å². The summed E-state index contributed by atoms with van der Waals surface area (Å²) in [7, 11) is 0. The molecule has 0 bridgehead atoms. The molecular weight excluding hydrogens is 286 g/mol. The lowest BCUT2D eigenvalue weighted by Crippen LogP contribution is -2.27. The molecule has 1 amide bonds. The summed E-state index contributed by atoms with van der Waals surface area (Å²) in [6.45, 7) is 1.68. The highest BCUT2D eigenvalue weighted by Gasteiger charge is 2.22. The lowest BCUT2D eigenvalue weighted by molar-refractivity contribution is 0.0794. The van der Waals surface area contributed by atoms with E-state index in [9.17, 15) is 4.79 Å². The van der Waals surface area contributed by atoms with Gasteiger partial charge in [0, 0.05) is 24.7 Å². The molecule has 0 spiro atoms. The van der Waals surface area contributed by atoms with Crippen LogP contribution in [0.4, 0.5) is 0 Å². The maximum atomic E-state index is 12.9. The van der Waals surface area contributed by atoms with E-state index in [-0.39, 0.29) is 5.91 Å². The summed E-state index contributed by atoms with van der Waals surface area (Å²) in [5, 5.41) is 0.907. The Morgan fingerprint density at radius 3 is 2.52 bits per heavy atom. The number of rotatable bonds is 2. The van der Waals surface area contributed by atoms with Crippen molar-refractivity contribution in [2.24, 2.45) is 0 Å². The fourth-order valence-corrected chi connectivity index (χ4v) is 3.09. The topological polar surface area (TPSA) is 46.1 Å². The summed E-state index contributed by atoms with van der Waals surface area (Å²) in [6, 6.07) is 15.4. The van der Waals surface area contributed by atoms with Crippen LogP contribution >= 0.6 is 0 Å². The summed E-state index contributed by atoms with van der Waals surface area (Å²) in [4.78, 5) is 23.9. The van der Waals surface area contributed by atoms with Crippen molar-refractivity contribution in [2.75, 3.05) is 13.1 Å². The lowest BCUT2D eigenvalue weighted by atomic mass is 10.1. The van der Waals surface area contributed by atoms with Gasteiger partial charge in [0.15, 0.2) is 0 Å². The van der Waals surface area contributed by atoms with Gasteiger partial charge in [-0.2, -0.15) is 0 Å². The predicted octanol–water partition coefficient (Wildman–Crippen LogP) is 3.53. The molecule has 0 atom stereocenters. The first-order chi connectivity index (χ1) is 11.3. The van der Waals surface area contributed by atoms with Gasteiger partial charge in [-0.1, -0.05) is 24.3 Å². The summed E-state index contributed by atoms with van der Waals surface area (Å²) < 4.78 is 0. The Labute approximate surface area is 134 Å². The number of hydrogen-bond acceptors (Lipinski definition) is 3. The molecule has 3 heterocycles. The molecule has 1 fully saturated rings. The number of aromatic nitrogens is 2. The van der Waals surface area contributed by atoms with Crippen LogP contribution in [-0.2, 0) is 0 Å². The van der Waals surface area contributed by atoms with Crippen molar-refractivity contribution in [1.29, 1.82) is 0 Å². The highest BCUT2D eigenvalue weighted by Crippen LogP contribution is 2.25. The van der Waals surface area contributed by atoms with Crippen LogP contribution < -0.4 is 0 Å². The molecule has 4 heteroatoms. The van der Waals surface area contributed by atoms with Crippen molar-refractivity contribution in [1.82, 2.24) is 14.9 Å². The molecule has 0 radical (unpaired) electrons. The highest BCUT2D eigenvalue weighted by atomic mass is 16.2. The Morgan fingerprint density at radius 1 is 0.957 bits per heavy atom. The maximum Gasteiger partial charge on any atom is 0.254 e. The van der Waals surface area contributed by atoms with Crippen molar-refractivity contribution in [2.45, 2.75) is 12.8 Å². The fraction of sp³-hybridized carbons (Fsp3) is 0.211. The molecule has 0 aliphatic carbocycles. The second-order valence-corrected chi connectivity index (χ2v) is 5.79. The van der Waals surface area contributed by atoms with E-state index < -0.39 is 0 Å². The number of fused-ring (bicyclic) bond motifs is 1. The van der Waals surface area contributed by atoms with Crippen LogP contribution in [0.15, 0.2) is 54.7 Å². The van der Waals surface area contributed by atoms with Crippen LogP contribution in [-0.4, -0.2) is 33.9 Å². The SMILES string of the molecule is O=C(c1cc(-c2ccccn2)nc2ccccc12)N1CCCC1. The average Bonchev–Trinajstić information content (AvgIpc) is 3.15. The van der Waals surface area contributed by atoms with Gasteiger partial charge in [-0.3, -0.25) is 9.78 Å². The quantitative estimate of drug-likeness (QED) is 0.727. The van der Waals surface area contributed by atoms with Crippen LogP contribution in [0, 0.1) is 0 Å². The third-order valence-corrected chi connectivity index (χ3v) is 4.27. The monoisotopic (exact) mass is 303 g/mol. The first-order valence-corrected chi connectivity index (χ1v) is 7.93. The normalized spacial score (nSPS) is 14.3. The first kappa shape index (κ1) is 13.9. The molecule has 4 nitrogen and oxygen atoms in total. The minimum atomic E-state index is 0.0956. The zero-order chi connectivity index (χ0) is 15.6. The second-order valence-electron chi connectivity index (χ2n) is 5.79. The fourth-order valence-electron chi connectivity index (χ4n) is 3.09. The minimum Gasteiger partial charge on any atom is -0.339 e. The van der Waals surface area contributed by atoms with Gasteiger partial charge in [0.25, 0.3) is 5.91 Å². The number of carbonyl (C=O) groups excluding carboxylic acids is 1. The van der Waals surface area contributed by atoms with Gasteiger partial charge < -0.3 is 4.90 Å². The number of benzene rings is 1. The van der Waals surface area contributed by atoms with Crippen molar-refractivity contribution in [3.63, 3.8) is 0 Å². The molecule has 1 aromatic carbocycles. The number of para-hydroxylation sites is 1. The lowest BCUT2D eigenvalue weighted by Gasteiger charge is -2.17. The minimum absolute atomic E-state index is 0.0956. The molecule has 3 aromatic rings. The number of carbonyl (C=O) groups is 1. The molecule has 2 aromatic heterocycles. The van der Waals surface area contributed by atoms with Gasteiger partial charge in [-0.05, 0) is 37.1 Å². The molecule has 0 unspecified atom stereocenters. The van der Waals surface area contributed by atoms with Gasteiger partial charge in [0.2, 0.25) is 0 Å². The number of nitrogens with zero attached hydrogens (tertiary/aromatic N) is 3. The Morgan fingerprint density at radius 2 is 1.74 bits per heavy atom. The Kier molecular flexibility index (Phi) is 3.50.